The van der Waals surface area contributed by atoms with E-state index in [1.54, 1.807) is 12.1 Å². The summed E-state index contributed by atoms with van der Waals surface area (Å²) in [6.45, 7) is 3.45. The summed E-state index contributed by atoms with van der Waals surface area (Å²) in [6, 6.07) is 5.49. The van der Waals surface area contributed by atoms with Crippen LogP contribution in [-0.2, 0) is 4.74 Å². The molecule has 0 amide bonds. The van der Waals surface area contributed by atoms with E-state index in [1.807, 2.05) is 13.0 Å². The van der Waals surface area contributed by atoms with Gasteiger partial charge in [-0.25, -0.2) is 0 Å². The average Bonchev–Trinajstić information content (AvgIpc) is 2.93. The Morgan fingerprint density at radius 1 is 1.58 bits per heavy atom. The van der Waals surface area contributed by atoms with Crippen LogP contribution in [0.5, 0.6) is 5.75 Å². The smallest absolute Gasteiger partial charge is 0.170 e. The summed E-state index contributed by atoms with van der Waals surface area (Å²) in [5, 5.41) is 11.7. The van der Waals surface area contributed by atoms with Crippen molar-refractivity contribution in [2.75, 3.05) is 13.2 Å². The molecule has 1 aliphatic rings. The number of hydrogen-bond donors (Lipinski definition) is 2. The fourth-order valence-electron chi connectivity index (χ4n) is 2.14. The maximum absolute atomic E-state index is 8.67. The molecule has 0 radical (unpaired) electrons. The molecule has 1 aromatic carbocycles. The molecular weight excluding hydrogens is 244 g/mol. The number of ether oxygens (including phenoxy) is 2. The highest BCUT2D eigenvalue weighted by molar-refractivity contribution is 5.97. The van der Waals surface area contributed by atoms with Crippen molar-refractivity contribution in [2.24, 2.45) is 10.9 Å². The predicted molar refractivity (Wildman–Crippen MR) is 72.8 cm³/mol. The SMILES string of the molecule is Cc1ccc(/C(N)=N/O)cc1OCCC1CCCO1. The van der Waals surface area contributed by atoms with E-state index in [9.17, 15) is 0 Å². The third-order valence-electron chi connectivity index (χ3n) is 3.31. The third kappa shape index (κ3) is 3.61. The van der Waals surface area contributed by atoms with E-state index in [-0.39, 0.29) is 5.84 Å². The van der Waals surface area contributed by atoms with Gasteiger partial charge in [0.25, 0.3) is 0 Å². The van der Waals surface area contributed by atoms with E-state index < -0.39 is 0 Å². The molecule has 1 fully saturated rings. The van der Waals surface area contributed by atoms with E-state index in [2.05, 4.69) is 5.16 Å². The summed E-state index contributed by atoms with van der Waals surface area (Å²) in [6.07, 6.45) is 3.48. The van der Waals surface area contributed by atoms with Crippen LogP contribution in [0.3, 0.4) is 0 Å². The van der Waals surface area contributed by atoms with E-state index in [4.69, 9.17) is 20.4 Å². The van der Waals surface area contributed by atoms with Crippen LogP contribution in [0.2, 0.25) is 0 Å². The molecule has 5 heteroatoms. The lowest BCUT2D eigenvalue weighted by Gasteiger charge is -2.13. The Labute approximate surface area is 113 Å². The Kier molecular flexibility index (Phi) is 4.63. The Hall–Kier alpha value is -1.75. The van der Waals surface area contributed by atoms with Crippen molar-refractivity contribution < 1.29 is 14.7 Å². The minimum Gasteiger partial charge on any atom is -0.493 e. The second kappa shape index (κ2) is 6.43. The highest BCUT2D eigenvalue weighted by Gasteiger charge is 2.15. The van der Waals surface area contributed by atoms with E-state index in [0.717, 1.165) is 37.2 Å². The van der Waals surface area contributed by atoms with Gasteiger partial charge in [-0.15, -0.1) is 0 Å². The van der Waals surface area contributed by atoms with Gasteiger partial charge >= 0.3 is 0 Å². The monoisotopic (exact) mass is 264 g/mol. The van der Waals surface area contributed by atoms with Crippen molar-refractivity contribution in [3.8, 4) is 5.75 Å². The van der Waals surface area contributed by atoms with Gasteiger partial charge in [0, 0.05) is 18.6 Å². The molecule has 2 rings (SSSR count). The van der Waals surface area contributed by atoms with Gasteiger partial charge in [-0.1, -0.05) is 17.3 Å². The zero-order valence-corrected chi connectivity index (χ0v) is 11.1. The molecule has 1 aliphatic heterocycles. The van der Waals surface area contributed by atoms with E-state index >= 15 is 0 Å². The van der Waals surface area contributed by atoms with Crippen molar-refractivity contribution in [3.63, 3.8) is 0 Å². The van der Waals surface area contributed by atoms with E-state index in [0.29, 0.717) is 18.3 Å². The zero-order chi connectivity index (χ0) is 13.7. The molecule has 1 atom stereocenters. The van der Waals surface area contributed by atoms with Gasteiger partial charge in [-0.3, -0.25) is 0 Å². The maximum Gasteiger partial charge on any atom is 0.170 e. The second-order valence-corrected chi connectivity index (χ2v) is 4.74. The Balaban J connectivity index is 1.94. The first-order valence-electron chi connectivity index (χ1n) is 6.53. The van der Waals surface area contributed by atoms with Crippen LogP contribution in [0, 0.1) is 6.92 Å². The molecule has 0 saturated carbocycles. The standard InChI is InChI=1S/C14H20N2O3/c1-10-4-5-11(14(15)16-17)9-13(10)19-8-6-12-3-2-7-18-12/h4-5,9,12,17H,2-3,6-8H2,1H3,(H2,15,16). The van der Waals surface area contributed by atoms with Gasteiger partial charge in [0.15, 0.2) is 5.84 Å². The van der Waals surface area contributed by atoms with Gasteiger partial charge in [0.2, 0.25) is 0 Å². The van der Waals surface area contributed by atoms with Crippen LogP contribution in [0.1, 0.15) is 30.4 Å². The molecule has 0 spiro atoms. The molecular formula is C14H20N2O3. The lowest BCUT2D eigenvalue weighted by Crippen LogP contribution is -2.14. The lowest BCUT2D eigenvalue weighted by atomic mass is 10.1. The number of amidine groups is 1. The lowest BCUT2D eigenvalue weighted by molar-refractivity contribution is 0.0902. The van der Waals surface area contributed by atoms with Gasteiger partial charge in [-0.05, 0) is 31.4 Å². The molecule has 104 valence electrons. The number of aryl methyl sites for hydroxylation is 1. The average molecular weight is 264 g/mol. The Bertz CT molecular complexity index is 454. The number of benzene rings is 1. The molecule has 5 nitrogen and oxygen atoms in total. The topological polar surface area (TPSA) is 77.1 Å². The number of rotatable bonds is 5. The Morgan fingerprint density at radius 2 is 2.42 bits per heavy atom. The molecule has 1 unspecified atom stereocenters. The number of hydrogen-bond acceptors (Lipinski definition) is 4. The fourth-order valence-corrected chi connectivity index (χ4v) is 2.14. The summed E-state index contributed by atoms with van der Waals surface area (Å²) < 4.78 is 11.3. The van der Waals surface area contributed by atoms with Crippen molar-refractivity contribution in [1.29, 1.82) is 0 Å². The fraction of sp³-hybridized carbons (Fsp3) is 0.500. The summed E-state index contributed by atoms with van der Waals surface area (Å²) in [4.78, 5) is 0. The molecule has 3 N–H and O–H groups in total. The van der Waals surface area contributed by atoms with E-state index in [1.165, 1.54) is 0 Å². The molecule has 0 aliphatic carbocycles. The second-order valence-electron chi connectivity index (χ2n) is 4.74. The van der Waals surface area contributed by atoms with Gasteiger partial charge in [-0.2, -0.15) is 0 Å². The highest BCUT2D eigenvalue weighted by atomic mass is 16.5. The molecule has 19 heavy (non-hydrogen) atoms. The number of nitrogens with zero attached hydrogens (tertiary/aromatic N) is 1. The van der Waals surface area contributed by atoms with Crippen LogP contribution >= 0.6 is 0 Å². The molecule has 1 heterocycles. The number of oxime groups is 1. The summed E-state index contributed by atoms with van der Waals surface area (Å²) in [5.74, 6) is 0.853. The van der Waals surface area contributed by atoms with Crippen LogP contribution in [0.15, 0.2) is 23.4 Å². The summed E-state index contributed by atoms with van der Waals surface area (Å²) >= 11 is 0. The summed E-state index contributed by atoms with van der Waals surface area (Å²) in [7, 11) is 0. The first-order valence-corrected chi connectivity index (χ1v) is 6.53. The first-order chi connectivity index (χ1) is 9.20. The normalized spacial score (nSPS) is 19.6. The van der Waals surface area contributed by atoms with Crippen LogP contribution in [0.4, 0.5) is 0 Å². The van der Waals surface area contributed by atoms with Crippen molar-refractivity contribution in [2.45, 2.75) is 32.3 Å². The Morgan fingerprint density at radius 3 is 3.11 bits per heavy atom. The zero-order valence-electron chi connectivity index (χ0n) is 11.1. The van der Waals surface area contributed by atoms with Crippen molar-refractivity contribution in [1.82, 2.24) is 0 Å². The predicted octanol–water partition coefficient (Wildman–Crippen LogP) is 2.04. The molecule has 1 aromatic rings. The van der Waals surface area contributed by atoms with Crippen molar-refractivity contribution >= 4 is 5.84 Å². The van der Waals surface area contributed by atoms with Crippen LogP contribution in [0.25, 0.3) is 0 Å². The van der Waals surface area contributed by atoms with Gasteiger partial charge in [0.1, 0.15) is 5.75 Å². The molecule has 0 bridgehead atoms. The van der Waals surface area contributed by atoms with Gasteiger partial charge in [0.05, 0.1) is 12.7 Å². The van der Waals surface area contributed by atoms with Crippen LogP contribution < -0.4 is 10.5 Å². The maximum atomic E-state index is 8.67. The minimum absolute atomic E-state index is 0.0870. The quantitative estimate of drug-likeness (QED) is 0.369. The largest absolute Gasteiger partial charge is 0.493 e. The molecule has 1 saturated heterocycles. The van der Waals surface area contributed by atoms with Crippen LogP contribution in [-0.4, -0.2) is 30.4 Å². The first kappa shape index (κ1) is 13.7. The third-order valence-corrected chi connectivity index (χ3v) is 3.31. The molecule has 0 aromatic heterocycles. The summed E-state index contributed by atoms with van der Waals surface area (Å²) in [5.41, 5.74) is 7.25. The minimum atomic E-state index is 0.0870. The van der Waals surface area contributed by atoms with Crippen molar-refractivity contribution in [3.05, 3.63) is 29.3 Å². The highest BCUT2D eigenvalue weighted by Crippen LogP contribution is 2.21. The number of nitrogens with two attached hydrogens (primary N) is 1. The van der Waals surface area contributed by atoms with Gasteiger partial charge < -0.3 is 20.4 Å².